The fourth-order valence-corrected chi connectivity index (χ4v) is 5.05. The van der Waals surface area contributed by atoms with Gasteiger partial charge in [0.25, 0.3) is 0 Å². The summed E-state index contributed by atoms with van der Waals surface area (Å²) < 4.78 is 15.0. The van der Waals surface area contributed by atoms with Crippen LogP contribution in [-0.2, 0) is 4.79 Å². The summed E-state index contributed by atoms with van der Waals surface area (Å²) in [7, 11) is 3.91. The van der Waals surface area contributed by atoms with Crippen molar-refractivity contribution in [3.05, 3.63) is 89.7 Å². The molecule has 3 unspecified atom stereocenters. The minimum Gasteiger partial charge on any atom is -0.508 e. The van der Waals surface area contributed by atoms with Crippen LogP contribution in [0, 0.1) is 11.7 Å². The molecule has 3 aromatic carbocycles. The van der Waals surface area contributed by atoms with Gasteiger partial charge in [-0.15, -0.1) is 0 Å². The van der Waals surface area contributed by atoms with Gasteiger partial charge in [-0.1, -0.05) is 68.4 Å². The second-order valence-electron chi connectivity index (χ2n) is 9.23. The van der Waals surface area contributed by atoms with Gasteiger partial charge in [0.1, 0.15) is 11.6 Å². The first-order valence-electron chi connectivity index (χ1n) is 11.8. The molecule has 4 nitrogen and oxygen atoms in total. The molecule has 0 bridgehead atoms. The third-order valence-corrected chi connectivity index (χ3v) is 6.90. The van der Waals surface area contributed by atoms with Crippen LogP contribution in [0.4, 0.5) is 4.39 Å². The molecule has 0 aliphatic heterocycles. The molecule has 0 saturated heterocycles. The van der Waals surface area contributed by atoms with Gasteiger partial charge in [-0.2, -0.15) is 0 Å². The van der Waals surface area contributed by atoms with E-state index in [1.165, 1.54) is 6.07 Å². The van der Waals surface area contributed by atoms with E-state index in [0.717, 1.165) is 17.5 Å². The van der Waals surface area contributed by atoms with Crippen LogP contribution in [0.25, 0.3) is 11.1 Å². The van der Waals surface area contributed by atoms with E-state index in [4.69, 9.17) is 0 Å². The molecule has 0 radical (unpaired) electrons. The van der Waals surface area contributed by atoms with Gasteiger partial charge in [-0.05, 0) is 73.7 Å². The molecule has 0 heterocycles. The minimum atomic E-state index is -0.962. The van der Waals surface area contributed by atoms with E-state index in [1.807, 2.05) is 56.6 Å². The van der Waals surface area contributed by atoms with Gasteiger partial charge in [0.05, 0.1) is 5.92 Å². The number of hydrogen-bond acceptors (Lipinski definition) is 3. The number of aromatic hydroxyl groups is 1. The summed E-state index contributed by atoms with van der Waals surface area (Å²) in [4.78, 5) is 14.4. The lowest BCUT2D eigenvalue weighted by atomic mass is 9.76. The van der Waals surface area contributed by atoms with Crippen molar-refractivity contribution in [2.75, 3.05) is 14.1 Å². The molecule has 180 valence electrons. The first-order valence-corrected chi connectivity index (χ1v) is 11.8. The molecule has 5 heteroatoms. The number of carboxylic acid groups (broad SMARTS) is 1. The number of carbonyl (C=O) groups is 1. The fourth-order valence-electron chi connectivity index (χ4n) is 5.05. The summed E-state index contributed by atoms with van der Waals surface area (Å²) in [6.07, 6.45) is 1.20. The molecule has 0 aliphatic rings. The fraction of sp³-hybridized carbons (Fsp3) is 0.345. The van der Waals surface area contributed by atoms with Crippen LogP contribution in [-0.4, -0.2) is 41.2 Å². The molecule has 4 atom stereocenters. The SMILES string of the molecule is CCC(c1cccc(O)c1)C(C)C(C[C@@H](C(=O)O)c1ccc(-c2ccccc2)c(F)c1)N(C)C. The van der Waals surface area contributed by atoms with Crippen molar-refractivity contribution in [1.82, 2.24) is 4.90 Å². The van der Waals surface area contributed by atoms with Crippen molar-refractivity contribution >= 4 is 5.97 Å². The predicted octanol–water partition coefficient (Wildman–Crippen LogP) is 6.52. The molecular weight excluding hydrogens is 429 g/mol. The number of aliphatic carboxylic acids is 1. The maximum Gasteiger partial charge on any atom is 0.311 e. The molecule has 2 N–H and O–H groups in total. The van der Waals surface area contributed by atoms with Gasteiger partial charge >= 0.3 is 5.97 Å². The quantitative estimate of drug-likeness (QED) is 0.359. The molecule has 0 aliphatic carbocycles. The summed E-state index contributed by atoms with van der Waals surface area (Å²) in [6.45, 7) is 4.23. The Bertz CT molecular complexity index is 1100. The van der Waals surface area contributed by atoms with Crippen LogP contribution < -0.4 is 0 Å². The van der Waals surface area contributed by atoms with Gasteiger partial charge in [0.15, 0.2) is 0 Å². The number of rotatable bonds is 10. The molecule has 0 aromatic heterocycles. The van der Waals surface area contributed by atoms with Crippen molar-refractivity contribution in [2.24, 2.45) is 5.92 Å². The van der Waals surface area contributed by atoms with E-state index < -0.39 is 17.7 Å². The Hall–Kier alpha value is -3.18. The second-order valence-corrected chi connectivity index (χ2v) is 9.23. The first-order chi connectivity index (χ1) is 16.2. The van der Waals surface area contributed by atoms with E-state index >= 15 is 4.39 Å². The molecule has 0 amide bonds. The number of hydrogen-bond donors (Lipinski definition) is 2. The molecular formula is C29H34FNO3. The first kappa shape index (κ1) is 25.4. The summed E-state index contributed by atoms with van der Waals surface area (Å²) in [5.74, 6) is -1.74. The Kier molecular flexibility index (Phi) is 8.46. The van der Waals surface area contributed by atoms with Crippen LogP contribution >= 0.6 is 0 Å². The van der Waals surface area contributed by atoms with E-state index in [1.54, 1.807) is 24.3 Å². The van der Waals surface area contributed by atoms with E-state index in [-0.39, 0.29) is 23.6 Å². The Morgan fingerprint density at radius 3 is 2.24 bits per heavy atom. The molecule has 3 aromatic rings. The topological polar surface area (TPSA) is 60.8 Å². The van der Waals surface area contributed by atoms with E-state index in [9.17, 15) is 15.0 Å². The van der Waals surface area contributed by atoms with Crippen molar-refractivity contribution in [2.45, 2.75) is 44.6 Å². The van der Waals surface area contributed by atoms with E-state index in [0.29, 0.717) is 17.5 Å². The summed E-state index contributed by atoms with van der Waals surface area (Å²) in [5.41, 5.74) is 2.72. The highest BCUT2D eigenvalue weighted by Crippen LogP contribution is 2.37. The van der Waals surface area contributed by atoms with Gasteiger partial charge in [-0.25, -0.2) is 4.39 Å². The summed E-state index contributed by atoms with van der Waals surface area (Å²) in [5, 5.41) is 20.1. The van der Waals surface area contributed by atoms with E-state index in [2.05, 4.69) is 18.7 Å². The van der Waals surface area contributed by atoms with Crippen molar-refractivity contribution < 1.29 is 19.4 Å². The van der Waals surface area contributed by atoms with Gasteiger partial charge in [0, 0.05) is 11.6 Å². The van der Waals surface area contributed by atoms with Gasteiger partial charge in [-0.3, -0.25) is 4.79 Å². The molecule has 0 saturated carbocycles. The zero-order chi connectivity index (χ0) is 24.8. The van der Waals surface area contributed by atoms with Crippen LogP contribution in [0.15, 0.2) is 72.8 Å². The standard InChI is InChI=1S/C29H34FNO3/c1-5-24(21-12-9-13-23(32)16-21)19(2)28(31(3)4)18-26(29(33)34)22-14-15-25(27(30)17-22)20-10-7-6-8-11-20/h6-17,19,24,26,28,32H,5,18H2,1-4H3,(H,33,34)/t19?,24?,26-,28?/m1/s1. The number of halogens is 1. The Morgan fingerprint density at radius 1 is 0.971 bits per heavy atom. The molecule has 0 spiro atoms. The zero-order valence-electron chi connectivity index (χ0n) is 20.3. The second kappa shape index (κ2) is 11.3. The lowest BCUT2D eigenvalue weighted by Gasteiger charge is -2.37. The minimum absolute atomic E-state index is 0.0646. The van der Waals surface area contributed by atoms with Crippen LogP contribution in [0.1, 0.15) is 49.7 Å². The van der Waals surface area contributed by atoms with Crippen LogP contribution in [0.3, 0.4) is 0 Å². The highest BCUT2D eigenvalue weighted by molar-refractivity contribution is 5.77. The summed E-state index contributed by atoms with van der Waals surface area (Å²) >= 11 is 0. The normalized spacial score (nSPS) is 15.0. The molecule has 34 heavy (non-hydrogen) atoms. The predicted molar refractivity (Wildman–Crippen MR) is 135 cm³/mol. The lowest BCUT2D eigenvalue weighted by molar-refractivity contribution is -0.139. The monoisotopic (exact) mass is 463 g/mol. The third-order valence-electron chi connectivity index (χ3n) is 6.90. The van der Waals surface area contributed by atoms with Gasteiger partial charge in [0.2, 0.25) is 0 Å². The van der Waals surface area contributed by atoms with Crippen LogP contribution in [0.2, 0.25) is 0 Å². The average Bonchev–Trinajstić information content (AvgIpc) is 2.80. The average molecular weight is 464 g/mol. The number of phenolic OH excluding ortho intramolecular Hbond substituents is 1. The Labute approximate surface area is 201 Å². The van der Waals surface area contributed by atoms with Crippen molar-refractivity contribution in [1.29, 1.82) is 0 Å². The summed E-state index contributed by atoms with van der Waals surface area (Å²) in [6, 6.07) is 21.2. The number of nitrogens with zero attached hydrogens (tertiary/aromatic N) is 1. The highest BCUT2D eigenvalue weighted by Gasteiger charge is 2.33. The maximum absolute atomic E-state index is 15.0. The Morgan fingerprint density at radius 2 is 1.68 bits per heavy atom. The zero-order valence-corrected chi connectivity index (χ0v) is 20.3. The number of benzene rings is 3. The largest absolute Gasteiger partial charge is 0.508 e. The molecule has 0 fully saturated rings. The maximum atomic E-state index is 15.0. The number of phenols is 1. The third kappa shape index (κ3) is 5.84. The lowest BCUT2D eigenvalue weighted by Crippen LogP contribution is -2.39. The van der Waals surface area contributed by atoms with Gasteiger partial charge < -0.3 is 15.1 Å². The Balaban J connectivity index is 1.90. The smallest absolute Gasteiger partial charge is 0.311 e. The van der Waals surface area contributed by atoms with Crippen LogP contribution in [0.5, 0.6) is 5.75 Å². The van der Waals surface area contributed by atoms with Crippen molar-refractivity contribution in [3.63, 3.8) is 0 Å². The highest BCUT2D eigenvalue weighted by atomic mass is 19.1. The number of carboxylic acids is 1. The molecule has 3 rings (SSSR count). The van der Waals surface area contributed by atoms with Crippen molar-refractivity contribution in [3.8, 4) is 16.9 Å².